The van der Waals surface area contributed by atoms with Gasteiger partial charge in [0.25, 0.3) is 0 Å². The topological polar surface area (TPSA) is 57.8 Å². The second kappa shape index (κ2) is 11.8. The Morgan fingerprint density at radius 1 is 1.25 bits per heavy atom. The van der Waals surface area contributed by atoms with Gasteiger partial charge in [0.05, 0.1) is 0 Å². The average molecular weight is 297 g/mol. The van der Waals surface area contributed by atoms with Crippen molar-refractivity contribution in [2.75, 3.05) is 12.3 Å². The van der Waals surface area contributed by atoms with E-state index in [1.54, 1.807) is 18.0 Å². The van der Waals surface area contributed by atoms with Crippen LogP contribution in [-0.4, -0.2) is 28.2 Å². The summed E-state index contributed by atoms with van der Waals surface area (Å²) in [7, 11) is 0. The fourth-order valence-electron chi connectivity index (χ4n) is 1.93. The summed E-state index contributed by atoms with van der Waals surface area (Å²) < 4.78 is 0. The zero-order chi connectivity index (χ0) is 14.5. The van der Waals surface area contributed by atoms with E-state index < -0.39 is 0 Å². The van der Waals surface area contributed by atoms with Crippen LogP contribution in [0.1, 0.15) is 58.3 Å². The van der Waals surface area contributed by atoms with E-state index in [1.165, 1.54) is 25.7 Å². The summed E-state index contributed by atoms with van der Waals surface area (Å²) in [6.07, 6.45) is 12.4. The third-order valence-electron chi connectivity index (χ3n) is 3.11. The summed E-state index contributed by atoms with van der Waals surface area (Å²) >= 11 is 1.71. The third-order valence-corrected chi connectivity index (χ3v) is 4.10. The summed E-state index contributed by atoms with van der Waals surface area (Å²) in [4.78, 5) is 18.8. The summed E-state index contributed by atoms with van der Waals surface area (Å²) in [6.45, 7) is 3.05. The van der Waals surface area contributed by atoms with Crippen molar-refractivity contribution in [3.63, 3.8) is 0 Å². The largest absolute Gasteiger partial charge is 0.356 e. The number of thioether (sulfide) groups is 1. The van der Waals surface area contributed by atoms with Gasteiger partial charge in [-0.25, -0.2) is 4.98 Å². The van der Waals surface area contributed by atoms with Crippen LogP contribution < -0.4 is 5.32 Å². The molecule has 0 aliphatic rings. The lowest BCUT2D eigenvalue weighted by Crippen LogP contribution is -2.24. The number of nitrogens with zero attached hydrogens (tertiary/aromatic N) is 1. The van der Waals surface area contributed by atoms with Crippen molar-refractivity contribution in [3.8, 4) is 0 Å². The second-order valence-corrected chi connectivity index (χ2v) is 6.05. The van der Waals surface area contributed by atoms with E-state index >= 15 is 0 Å². The molecule has 1 heterocycles. The van der Waals surface area contributed by atoms with Crippen LogP contribution in [0, 0.1) is 0 Å². The molecule has 0 unspecified atom stereocenters. The highest BCUT2D eigenvalue weighted by Crippen LogP contribution is 2.14. The normalized spacial score (nSPS) is 10.7. The minimum atomic E-state index is 0.198. The smallest absolute Gasteiger partial charge is 0.219 e. The van der Waals surface area contributed by atoms with E-state index in [0.717, 1.165) is 36.7 Å². The van der Waals surface area contributed by atoms with Crippen LogP contribution in [0.15, 0.2) is 17.6 Å². The molecular weight excluding hydrogens is 270 g/mol. The number of nitrogens with one attached hydrogen (secondary N) is 2. The quantitative estimate of drug-likeness (QED) is 0.456. The van der Waals surface area contributed by atoms with E-state index in [2.05, 4.69) is 22.2 Å². The standard InChI is InChI=1S/C15H27N3OS/c1-2-3-4-5-7-10-16-14(19)9-6-8-13-20-15-17-11-12-18-15/h11-12H,2-10,13H2,1H3,(H,16,19)(H,17,18). The van der Waals surface area contributed by atoms with Crippen LogP contribution in [0.4, 0.5) is 0 Å². The highest BCUT2D eigenvalue weighted by molar-refractivity contribution is 7.99. The van der Waals surface area contributed by atoms with Crippen molar-refractivity contribution in [1.82, 2.24) is 15.3 Å². The molecule has 0 aromatic carbocycles. The Morgan fingerprint density at radius 2 is 2.10 bits per heavy atom. The van der Waals surface area contributed by atoms with Crippen LogP contribution in [0.5, 0.6) is 0 Å². The summed E-state index contributed by atoms with van der Waals surface area (Å²) in [5, 5.41) is 3.96. The molecule has 1 aromatic rings. The molecule has 0 aliphatic heterocycles. The molecule has 0 saturated heterocycles. The highest BCUT2D eigenvalue weighted by atomic mass is 32.2. The number of amides is 1. The lowest BCUT2D eigenvalue weighted by molar-refractivity contribution is -0.121. The molecule has 0 aliphatic carbocycles. The first-order valence-electron chi connectivity index (χ1n) is 7.71. The van der Waals surface area contributed by atoms with Crippen LogP contribution in [0.2, 0.25) is 0 Å². The molecule has 5 heteroatoms. The molecule has 0 fully saturated rings. The molecule has 0 saturated carbocycles. The zero-order valence-electron chi connectivity index (χ0n) is 12.5. The van der Waals surface area contributed by atoms with Gasteiger partial charge in [0.2, 0.25) is 5.91 Å². The van der Waals surface area contributed by atoms with Gasteiger partial charge < -0.3 is 10.3 Å². The Kier molecular flexibility index (Phi) is 10.1. The van der Waals surface area contributed by atoms with Gasteiger partial charge in [-0.2, -0.15) is 0 Å². The fourth-order valence-corrected chi connectivity index (χ4v) is 2.76. The summed E-state index contributed by atoms with van der Waals surface area (Å²) in [6, 6.07) is 0. The van der Waals surface area contributed by atoms with Crippen molar-refractivity contribution in [3.05, 3.63) is 12.4 Å². The first kappa shape index (κ1) is 17.1. The Morgan fingerprint density at radius 3 is 2.85 bits per heavy atom. The molecule has 1 aromatic heterocycles. The van der Waals surface area contributed by atoms with Crippen LogP contribution in [0.3, 0.4) is 0 Å². The number of aromatic amines is 1. The number of hydrogen-bond acceptors (Lipinski definition) is 3. The van der Waals surface area contributed by atoms with Gasteiger partial charge >= 0.3 is 0 Å². The van der Waals surface area contributed by atoms with Gasteiger partial charge in [-0.3, -0.25) is 4.79 Å². The van der Waals surface area contributed by atoms with Crippen LogP contribution in [-0.2, 0) is 4.79 Å². The average Bonchev–Trinajstić information content (AvgIpc) is 2.95. The maximum absolute atomic E-state index is 11.6. The maximum atomic E-state index is 11.6. The van der Waals surface area contributed by atoms with E-state index in [4.69, 9.17) is 0 Å². The van der Waals surface area contributed by atoms with Gasteiger partial charge in [-0.1, -0.05) is 44.4 Å². The molecule has 0 radical (unpaired) electrons. The number of carbonyl (C=O) groups is 1. The van der Waals surface area contributed by atoms with Gasteiger partial charge in [0, 0.05) is 31.1 Å². The zero-order valence-corrected chi connectivity index (χ0v) is 13.3. The number of carbonyl (C=O) groups excluding carboxylic acids is 1. The van der Waals surface area contributed by atoms with Crippen LogP contribution in [0.25, 0.3) is 0 Å². The van der Waals surface area contributed by atoms with Gasteiger partial charge in [0.1, 0.15) is 0 Å². The van der Waals surface area contributed by atoms with Crippen molar-refractivity contribution in [2.24, 2.45) is 0 Å². The molecule has 0 spiro atoms. The lowest BCUT2D eigenvalue weighted by Gasteiger charge is -2.05. The Balaban J connectivity index is 1.85. The third kappa shape index (κ3) is 9.02. The van der Waals surface area contributed by atoms with E-state index in [0.29, 0.717) is 6.42 Å². The van der Waals surface area contributed by atoms with Gasteiger partial charge in [-0.15, -0.1) is 0 Å². The molecule has 1 rings (SSSR count). The monoisotopic (exact) mass is 297 g/mol. The molecule has 20 heavy (non-hydrogen) atoms. The molecule has 4 nitrogen and oxygen atoms in total. The first-order chi connectivity index (χ1) is 9.83. The second-order valence-electron chi connectivity index (χ2n) is 4.96. The predicted octanol–water partition coefficient (Wildman–Crippen LogP) is 3.76. The molecule has 114 valence electrons. The maximum Gasteiger partial charge on any atom is 0.219 e. The van der Waals surface area contributed by atoms with Crippen molar-refractivity contribution in [2.45, 2.75) is 63.4 Å². The Labute approximate surface area is 126 Å². The minimum absolute atomic E-state index is 0.198. The molecule has 0 atom stereocenters. The first-order valence-corrected chi connectivity index (χ1v) is 8.70. The van der Waals surface area contributed by atoms with Gasteiger partial charge in [-0.05, 0) is 19.3 Å². The molecule has 0 bridgehead atoms. The number of aromatic nitrogens is 2. The number of imidazole rings is 1. The summed E-state index contributed by atoms with van der Waals surface area (Å²) in [5.41, 5.74) is 0. The Hall–Kier alpha value is -0.970. The van der Waals surface area contributed by atoms with Crippen molar-refractivity contribution < 1.29 is 4.79 Å². The van der Waals surface area contributed by atoms with E-state index in [9.17, 15) is 4.79 Å². The predicted molar refractivity (Wildman–Crippen MR) is 84.9 cm³/mol. The van der Waals surface area contributed by atoms with Crippen molar-refractivity contribution in [1.29, 1.82) is 0 Å². The van der Waals surface area contributed by atoms with E-state index in [1.807, 2.05) is 6.20 Å². The van der Waals surface area contributed by atoms with Crippen molar-refractivity contribution >= 4 is 17.7 Å². The molecule has 2 N–H and O–H groups in total. The highest BCUT2D eigenvalue weighted by Gasteiger charge is 2.01. The van der Waals surface area contributed by atoms with Gasteiger partial charge in [0.15, 0.2) is 5.16 Å². The molecular formula is C15H27N3OS. The van der Waals surface area contributed by atoms with E-state index in [-0.39, 0.29) is 5.91 Å². The minimum Gasteiger partial charge on any atom is -0.356 e. The fraction of sp³-hybridized carbons (Fsp3) is 0.733. The summed E-state index contributed by atoms with van der Waals surface area (Å²) in [5.74, 6) is 1.21. The lowest BCUT2D eigenvalue weighted by atomic mass is 10.1. The Bertz CT molecular complexity index is 341. The molecule has 1 amide bonds. The number of hydrogen-bond donors (Lipinski definition) is 2. The number of unbranched alkanes of at least 4 members (excludes halogenated alkanes) is 5. The van der Waals surface area contributed by atoms with Crippen LogP contribution >= 0.6 is 11.8 Å². The number of rotatable bonds is 12. The SMILES string of the molecule is CCCCCCCNC(=O)CCCCSc1ncc[nH]1. The number of H-pyrrole nitrogens is 1.